The Hall–Kier alpha value is -2.54. The van der Waals surface area contributed by atoms with Crippen LogP contribution in [0.3, 0.4) is 0 Å². The number of nitrogens with two attached hydrogens (primary N) is 1. The number of aromatic nitrogens is 2. The predicted molar refractivity (Wildman–Crippen MR) is 107 cm³/mol. The second-order valence-electron chi connectivity index (χ2n) is 6.87. The SMILES string of the molecule is CCOc1cc(CN2CCC(Nc3cc(C)nc(N)n3)CC2)ccc1OC. The molecule has 1 fully saturated rings. The van der Waals surface area contributed by atoms with Crippen molar-refractivity contribution in [2.45, 2.75) is 39.3 Å². The van der Waals surface area contributed by atoms with Crippen LogP contribution in [0.5, 0.6) is 11.5 Å². The third-order valence-corrected chi connectivity index (χ3v) is 4.75. The Labute approximate surface area is 160 Å². The van der Waals surface area contributed by atoms with Gasteiger partial charge in [-0.15, -0.1) is 0 Å². The van der Waals surface area contributed by atoms with E-state index in [0.29, 0.717) is 18.6 Å². The number of rotatable bonds is 7. The lowest BCUT2D eigenvalue weighted by atomic mass is 10.0. The Balaban J connectivity index is 1.54. The molecule has 7 heteroatoms. The Morgan fingerprint density at radius 3 is 2.63 bits per heavy atom. The first-order valence-corrected chi connectivity index (χ1v) is 9.47. The van der Waals surface area contributed by atoms with Crippen molar-refractivity contribution in [3.05, 3.63) is 35.5 Å². The van der Waals surface area contributed by atoms with Crippen molar-refractivity contribution in [2.75, 3.05) is 37.9 Å². The fourth-order valence-electron chi connectivity index (χ4n) is 3.46. The molecule has 146 valence electrons. The van der Waals surface area contributed by atoms with Crippen LogP contribution < -0.4 is 20.5 Å². The highest BCUT2D eigenvalue weighted by atomic mass is 16.5. The van der Waals surface area contributed by atoms with Crippen molar-refractivity contribution in [2.24, 2.45) is 0 Å². The van der Waals surface area contributed by atoms with E-state index in [9.17, 15) is 0 Å². The van der Waals surface area contributed by atoms with Gasteiger partial charge >= 0.3 is 0 Å². The minimum absolute atomic E-state index is 0.319. The number of piperidine rings is 1. The van der Waals surface area contributed by atoms with Crippen LogP contribution in [0.4, 0.5) is 11.8 Å². The zero-order valence-corrected chi connectivity index (χ0v) is 16.4. The summed E-state index contributed by atoms with van der Waals surface area (Å²) in [5, 5.41) is 3.49. The monoisotopic (exact) mass is 371 g/mol. The minimum Gasteiger partial charge on any atom is -0.493 e. The summed E-state index contributed by atoms with van der Waals surface area (Å²) < 4.78 is 11.0. The third kappa shape index (κ3) is 5.23. The van der Waals surface area contributed by atoms with E-state index in [-0.39, 0.29) is 0 Å². The predicted octanol–water partition coefficient (Wildman–Crippen LogP) is 2.85. The number of nitrogens with zero attached hydrogens (tertiary/aromatic N) is 3. The molecule has 27 heavy (non-hydrogen) atoms. The minimum atomic E-state index is 0.319. The van der Waals surface area contributed by atoms with Gasteiger partial charge in [-0.25, -0.2) is 4.98 Å². The fourth-order valence-corrected chi connectivity index (χ4v) is 3.46. The highest BCUT2D eigenvalue weighted by Gasteiger charge is 2.20. The number of methoxy groups -OCH3 is 1. The summed E-state index contributed by atoms with van der Waals surface area (Å²) >= 11 is 0. The molecule has 0 bridgehead atoms. The molecule has 1 aliphatic rings. The number of ether oxygens (including phenoxy) is 2. The topological polar surface area (TPSA) is 85.5 Å². The number of hydrogen-bond acceptors (Lipinski definition) is 7. The van der Waals surface area contributed by atoms with Crippen LogP contribution in [0.25, 0.3) is 0 Å². The molecule has 0 saturated carbocycles. The average molecular weight is 371 g/mol. The molecule has 2 aromatic rings. The van der Waals surface area contributed by atoms with E-state index in [0.717, 1.165) is 55.5 Å². The maximum atomic E-state index is 5.74. The maximum absolute atomic E-state index is 5.74. The molecule has 0 radical (unpaired) electrons. The Bertz CT molecular complexity index is 740. The van der Waals surface area contributed by atoms with E-state index in [1.54, 1.807) is 7.11 Å². The van der Waals surface area contributed by atoms with Crippen molar-refractivity contribution in [3.63, 3.8) is 0 Å². The van der Waals surface area contributed by atoms with Gasteiger partial charge in [-0.05, 0) is 44.4 Å². The molecule has 1 aliphatic heterocycles. The normalized spacial score (nSPS) is 15.5. The summed E-state index contributed by atoms with van der Waals surface area (Å²) in [5.41, 5.74) is 7.86. The highest BCUT2D eigenvalue weighted by Crippen LogP contribution is 2.29. The molecule has 0 atom stereocenters. The molecule has 3 N–H and O–H groups in total. The zero-order valence-electron chi connectivity index (χ0n) is 16.4. The molecule has 7 nitrogen and oxygen atoms in total. The van der Waals surface area contributed by atoms with Gasteiger partial charge in [-0.2, -0.15) is 4.98 Å². The van der Waals surface area contributed by atoms with Gasteiger partial charge in [0, 0.05) is 37.4 Å². The first kappa shape index (κ1) is 19.2. The largest absolute Gasteiger partial charge is 0.493 e. The van der Waals surface area contributed by atoms with E-state index < -0.39 is 0 Å². The number of hydrogen-bond donors (Lipinski definition) is 2. The number of aryl methyl sites for hydroxylation is 1. The number of likely N-dealkylation sites (tertiary alicyclic amines) is 1. The number of benzene rings is 1. The van der Waals surface area contributed by atoms with Crippen LogP contribution in [-0.4, -0.2) is 47.7 Å². The van der Waals surface area contributed by atoms with Crippen molar-refractivity contribution < 1.29 is 9.47 Å². The van der Waals surface area contributed by atoms with E-state index in [4.69, 9.17) is 15.2 Å². The van der Waals surface area contributed by atoms with Crippen molar-refractivity contribution >= 4 is 11.8 Å². The lowest BCUT2D eigenvalue weighted by Crippen LogP contribution is -2.38. The molecule has 0 unspecified atom stereocenters. The van der Waals surface area contributed by atoms with Crippen LogP contribution in [0, 0.1) is 6.92 Å². The molecular weight excluding hydrogens is 342 g/mol. The summed E-state index contributed by atoms with van der Waals surface area (Å²) in [6.07, 6.45) is 2.13. The molecule has 3 rings (SSSR count). The summed E-state index contributed by atoms with van der Waals surface area (Å²) in [7, 11) is 1.67. The molecule has 1 aromatic carbocycles. The van der Waals surface area contributed by atoms with E-state index in [1.807, 2.05) is 26.0 Å². The van der Waals surface area contributed by atoms with Gasteiger partial charge in [-0.1, -0.05) is 6.07 Å². The molecular formula is C20H29N5O2. The fraction of sp³-hybridized carbons (Fsp3) is 0.500. The van der Waals surface area contributed by atoms with Crippen LogP contribution in [0.1, 0.15) is 31.0 Å². The molecule has 0 amide bonds. The number of nitrogens with one attached hydrogen (secondary N) is 1. The van der Waals surface area contributed by atoms with Gasteiger partial charge in [0.15, 0.2) is 11.5 Å². The second-order valence-corrected chi connectivity index (χ2v) is 6.87. The van der Waals surface area contributed by atoms with Gasteiger partial charge in [0.2, 0.25) is 5.95 Å². The van der Waals surface area contributed by atoms with E-state index in [2.05, 4.69) is 32.3 Å². The van der Waals surface area contributed by atoms with Crippen LogP contribution in [0.2, 0.25) is 0 Å². The first-order valence-electron chi connectivity index (χ1n) is 9.47. The number of nitrogen functional groups attached to an aromatic ring is 1. The van der Waals surface area contributed by atoms with E-state index >= 15 is 0 Å². The van der Waals surface area contributed by atoms with Gasteiger partial charge in [0.05, 0.1) is 13.7 Å². The Morgan fingerprint density at radius 1 is 1.19 bits per heavy atom. The molecule has 0 spiro atoms. The molecule has 0 aliphatic carbocycles. The van der Waals surface area contributed by atoms with E-state index in [1.165, 1.54) is 5.56 Å². The second kappa shape index (κ2) is 8.90. The molecule has 2 heterocycles. The highest BCUT2D eigenvalue weighted by molar-refractivity contribution is 5.43. The summed E-state index contributed by atoms with van der Waals surface area (Å²) in [4.78, 5) is 10.9. The number of anilines is 2. The van der Waals surface area contributed by atoms with Crippen LogP contribution >= 0.6 is 0 Å². The summed E-state index contributed by atoms with van der Waals surface area (Å²) in [6.45, 7) is 7.52. The quantitative estimate of drug-likeness (QED) is 0.774. The van der Waals surface area contributed by atoms with Crippen molar-refractivity contribution in [3.8, 4) is 11.5 Å². The standard InChI is InChI=1S/C20H29N5O2/c1-4-27-18-12-15(5-6-17(18)26-3)13-25-9-7-16(8-10-25)23-19-11-14(2)22-20(21)24-19/h5-6,11-12,16H,4,7-10,13H2,1-3H3,(H3,21,22,23,24). The van der Waals surface area contributed by atoms with Gasteiger partial charge in [0.25, 0.3) is 0 Å². The lowest BCUT2D eigenvalue weighted by Gasteiger charge is -2.32. The van der Waals surface area contributed by atoms with Crippen molar-refractivity contribution in [1.82, 2.24) is 14.9 Å². The van der Waals surface area contributed by atoms with Crippen LogP contribution in [-0.2, 0) is 6.54 Å². The first-order chi connectivity index (χ1) is 13.1. The van der Waals surface area contributed by atoms with Gasteiger partial charge in [0.1, 0.15) is 5.82 Å². The third-order valence-electron chi connectivity index (χ3n) is 4.75. The van der Waals surface area contributed by atoms with Crippen molar-refractivity contribution in [1.29, 1.82) is 0 Å². The van der Waals surface area contributed by atoms with Gasteiger partial charge < -0.3 is 20.5 Å². The Morgan fingerprint density at radius 2 is 1.96 bits per heavy atom. The average Bonchev–Trinajstić information content (AvgIpc) is 2.63. The summed E-state index contributed by atoms with van der Waals surface area (Å²) in [5.74, 6) is 2.73. The maximum Gasteiger partial charge on any atom is 0.222 e. The lowest BCUT2D eigenvalue weighted by molar-refractivity contribution is 0.210. The van der Waals surface area contributed by atoms with Gasteiger partial charge in [-0.3, -0.25) is 4.90 Å². The zero-order chi connectivity index (χ0) is 19.2. The molecule has 1 aromatic heterocycles. The summed E-state index contributed by atoms with van der Waals surface area (Å²) in [6, 6.07) is 8.52. The van der Waals surface area contributed by atoms with Crippen LogP contribution in [0.15, 0.2) is 24.3 Å². The smallest absolute Gasteiger partial charge is 0.222 e. The molecule has 1 saturated heterocycles. The Kier molecular flexibility index (Phi) is 6.34.